The van der Waals surface area contributed by atoms with Gasteiger partial charge in [-0.05, 0) is 142 Å². The van der Waals surface area contributed by atoms with Gasteiger partial charge in [0.15, 0.2) is 0 Å². The molecule has 1 aromatic rings. The van der Waals surface area contributed by atoms with Gasteiger partial charge in [-0.3, -0.25) is 0 Å². The fraction of sp³-hybridized carbons (Fsp3) is 0.778. The summed E-state index contributed by atoms with van der Waals surface area (Å²) in [5.41, 5.74) is 18.8. The van der Waals surface area contributed by atoms with E-state index in [1.54, 1.807) is 5.57 Å². The molecule has 5 fully saturated rings. The van der Waals surface area contributed by atoms with Crippen LogP contribution in [-0.2, 0) is 0 Å². The number of nitrogen functional groups attached to an aromatic ring is 2. The number of nitrogens with two attached hydrogens (primary N) is 2. The lowest BCUT2D eigenvalue weighted by molar-refractivity contribution is -0.179. The molecular weight excluding hydrogens is 476 g/mol. The fourth-order valence-electron chi connectivity index (χ4n) is 12.5. The predicted octanol–water partition coefficient (Wildman–Crippen LogP) is 9.42. The van der Waals surface area contributed by atoms with E-state index in [4.69, 9.17) is 16.2 Å². The van der Waals surface area contributed by atoms with Crippen LogP contribution in [-0.4, -0.2) is 6.10 Å². The molecule has 0 amide bonds. The quantitative estimate of drug-likeness (QED) is 0.294. The number of fused-ring (bicyclic) bond motifs is 6. The topological polar surface area (TPSA) is 61.3 Å². The molecule has 0 saturated heterocycles. The zero-order valence-electron chi connectivity index (χ0n) is 26.0. The van der Waals surface area contributed by atoms with Crippen LogP contribution in [0, 0.1) is 51.2 Å². The maximum atomic E-state index is 6.71. The van der Waals surface area contributed by atoms with Crippen LogP contribution in [0.4, 0.5) is 11.4 Å². The highest BCUT2D eigenvalue weighted by molar-refractivity contribution is 5.59. The largest absolute Gasteiger partial charge is 0.488 e. The highest BCUT2D eigenvalue weighted by Crippen LogP contribution is 2.76. The first-order chi connectivity index (χ1) is 18.4. The number of anilines is 2. The summed E-state index contributed by atoms with van der Waals surface area (Å²) in [5, 5.41) is 0. The smallest absolute Gasteiger partial charge is 0.144 e. The Morgan fingerprint density at radius 3 is 2.36 bits per heavy atom. The van der Waals surface area contributed by atoms with Crippen molar-refractivity contribution in [2.24, 2.45) is 51.2 Å². The standard InChI is InChI=1S/C36H56N2O/c1-22(2)26-10-8-9-23(3)36(26)20-16-28-25-12-14-31-33(4,5)32(39-30-21-24(37)11-13-29(30)38)17-18-34(31,6)27(25)15-19-35(28,36)7/h11,13,21,23,25,27-28,31-32H,8-10,12,14-20,37-38H2,1-7H3. The van der Waals surface area contributed by atoms with Gasteiger partial charge in [0.05, 0.1) is 5.69 Å². The lowest BCUT2D eigenvalue weighted by atomic mass is 9.39. The van der Waals surface area contributed by atoms with Crippen LogP contribution in [0.15, 0.2) is 29.3 Å². The Morgan fingerprint density at radius 2 is 1.62 bits per heavy atom. The number of ether oxygens (including phenoxy) is 1. The molecule has 39 heavy (non-hydrogen) atoms. The van der Waals surface area contributed by atoms with Crippen molar-refractivity contribution < 1.29 is 4.74 Å². The Hall–Kier alpha value is -1.64. The van der Waals surface area contributed by atoms with Crippen molar-refractivity contribution in [3.8, 4) is 5.75 Å². The number of hydrogen-bond acceptors (Lipinski definition) is 3. The number of allylic oxidation sites excluding steroid dienone is 2. The third-order valence-electron chi connectivity index (χ3n) is 14.2. The molecule has 0 heterocycles. The van der Waals surface area contributed by atoms with Crippen molar-refractivity contribution in [2.45, 2.75) is 125 Å². The van der Waals surface area contributed by atoms with E-state index in [0.717, 1.165) is 41.5 Å². The number of benzene rings is 1. The average molecular weight is 533 g/mol. The van der Waals surface area contributed by atoms with Crippen LogP contribution in [0.3, 0.4) is 0 Å². The minimum atomic E-state index is 0.111. The predicted molar refractivity (Wildman–Crippen MR) is 164 cm³/mol. The molecule has 5 saturated carbocycles. The Morgan fingerprint density at radius 1 is 0.872 bits per heavy atom. The molecule has 4 N–H and O–H groups in total. The van der Waals surface area contributed by atoms with E-state index in [1.165, 1.54) is 64.2 Å². The van der Waals surface area contributed by atoms with E-state index in [-0.39, 0.29) is 11.5 Å². The molecule has 0 radical (unpaired) electrons. The zero-order valence-corrected chi connectivity index (χ0v) is 26.0. The Bertz CT molecular complexity index is 1150. The van der Waals surface area contributed by atoms with Crippen molar-refractivity contribution in [2.75, 3.05) is 11.5 Å². The van der Waals surface area contributed by atoms with Gasteiger partial charge in [-0.25, -0.2) is 0 Å². The molecule has 0 bridgehead atoms. The van der Waals surface area contributed by atoms with Gasteiger partial charge in [-0.2, -0.15) is 0 Å². The van der Waals surface area contributed by atoms with Crippen molar-refractivity contribution in [1.29, 1.82) is 0 Å². The molecule has 216 valence electrons. The van der Waals surface area contributed by atoms with E-state index < -0.39 is 0 Å². The summed E-state index contributed by atoms with van der Waals surface area (Å²) in [6.45, 7) is 17.9. The van der Waals surface area contributed by atoms with E-state index >= 15 is 0 Å². The van der Waals surface area contributed by atoms with Crippen LogP contribution in [0.1, 0.15) is 119 Å². The van der Waals surface area contributed by atoms with Gasteiger partial charge < -0.3 is 16.2 Å². The molecule has 0 aliphatic heterocycles. The summed E-state index contributed by atoms with van der Waals surface area (Å²) < 4.78 is 6.71. The maximum absolute atomic E-state index is 6.71. The third-order valence-corrected chi connectivity index (χ3v) is 14.2. The van der Waals surface area contributed by atoms with E-state index in [0.29, 0.717) is 27.9 Å². The van der Waals surface area contributed by atoms with Gasteiger partial charge in [-0.1, -0.05) is 45.8 Å². The van der Waals surface area contributed by atoms with Gasteiger partial charge >= 0.3 is 0 Å². The van der Waals surface area contributed by atoms with Crippen molar-refractivity contribution in [3.05, 3.63) is 29.3 Å². The second-order valence-electron chi connectivity index (χ2n) is 16.0. The monoisotopic (exact) mass is 532 g/mol. The molecular formula is C36H56N2O. The molecule has 3 heteroatoms. The summed E-state index contributed by atoms with van der Waals surface area (Å²) >= 11 is 0. The van der Waals surface area contributed by atoms with Crippen molar-refractivity contribution >= 4 is 11.4 Å². The molecule has 1 spiro atoms. The maximum Gasteiger partial charge on any atom is 0.144 e. The molecule has 6 rings (SSSR count). The second-order valence-corrected chi connectivity index (χ2v) is 16.0. The zero-order chi connectivity index (χ0) is 28.0. The Balaban J connectivity index is 1.28. The Kier molecular flexibility index (Phi) is 6.48. The molecule has 9 unspecified atom stereocenters. The van der Waals surface area contributed by atoms with Crippen molar-refractivity contribution in [1.82, 2.24) is 0 Å². The lowest BCUT2D eigenvalue weighted by Crippen LogP contribution is -2.61. The lowest BCUT2D eigenvalue weighted by Gasteiger charge is -2.66. The van der Waals surface area contributed by atoms with Gasteiger partial charge in [0.2, 0.25) is 0 Å². The van der Waals surface area contributed by atoms with E-state index in [2.05, 4.69) is 48.5 Å². The summed E-state index contributed by atoms with van der Waals surface area (Å²) in [6, 6.07) is 5.67. The average Bonchev–Trinajstić information content (AvgIpc) is 3.18. The molecule has 5 aliphatic rings. The van der Waals surface area contributed by atoms with Gasteiger partial charge in [0, 0.05) is 17.2 Å². The van der Waals surface area contributed by atoms with Crippen LogP contribution in [0.5, 0.6) is 5.75 Å². The fourth-order valence-corrected chi connectivity index (χ4v) is 12.5. The molecule has 5 aliphatic carbocycles. The second kappa shape index (κ2) is 9.18. The first-order valence-corrected chi connectivity index (χ1v) is 16.3. The number of rotatable bonds is 2. The molecule has 9 atom stereocenters. The first-order valence-electron chi connectivity index (χ1n) is 16.3. The summed E-state index contributed by atoms with van der Waals surface area (Å²) in [4.78, 5) is 0. The number of hydrogen-bond donors (Lipinski definition) is 2. The third kappa shape index (κ3) is 3.72. The minimum absolute atomic E-state index is 0.111. The Labute approximate surface area is 238 Å². The normalized spacial score (nSPS) is 44.8. The molecule has 3 nitrogen and oxygen atoms in total. The highest BCUT2D eigenvalue weighted by Gasteiger charge is 2.68. The van der Waals surface area contributed by atoms with Crippen LogP contribution in [0.25, 0.3) is 0 Å². The minimum Gasteiger partial charge on any atom is -0.488 e. The van der Waals surface area contributed by atoms with E-state index in [9.17, 15) is 0 Å². The highest BCUT2D eigenvalue weighted by atomic mass is 16.5. The van der Waals surface area contributed by atoms with Gasteiger partial charge in [0.25, 0.3) is 0 Å². The van der Waals surface area contributed by atoms with Crippen LogP contribution < -0.4 is 16.2 Å². The van der Waals surface area contributed by atoms with Crippen LogP contribution in [0.2, 0.25) is 0 Å². The summed E-state index contributed by atoms with van der Waals surface area (Å²) in [7, 11) is 0. The molecule has 0 aromatic heterocycles. The summed E-state index contributed by atoms with van der Waals surface area (Å²) in [6.07, 6.45) is 15.3. The first kappa shape index (κ1) is 27.5. The van der Waals surface area contributed by atoms with Gasteiger partial charge in [0.1, 0.15) is 11.9 Å². The SMILES string of the molecule is CC(C)=C1CCCC(C)C12CCC1C3CCC4C(C)(C)C(Oc5cc(N)ccc5N)CCC4(C)C3CCC12C. The summed E-state index contributed by atoms with van der Waals surface area (Å²) in [5.74, 6) is 4.94. The van der Waals surface area contributed by atoms with Crippen LogP contribution >= 0.6 is 0 Å². The van der Waals surface area contributed by atoms with Crippen molar-refractivity contribution in [3.63, 3.8) is 0 Å². The molecule has 1 aromatic carbocycles. The van der Waals surface area contributed by atoms with Gasteiger partial charge in [-0.15, -0.1) is 0 Å². The van der Waals surface area contributed by atoms with E-state index in [1.807, 2.05) is 23.8 Å².